The topological polar surface area (TPSA) is 99.4 Å². The van der Waals surface area contributed by atoms with Gasteiger partial charge >= 0.3 is 5.97 Å². The monoisotopic (exact) mass is 464 g/mol. The van der Waals surface area contributed by atoms with E-state index in [1.165, 1.54) is 15.9 Å². The Kier molecular flexibility index (Phi) is 5.26. The average molecular weight is 464 g/mol. The average Bonchev–Trinajstić information content (AvgIpc) is 3.38. The predicted molar refractivity (Wildman–Crippen MR) is 121 cm³/mol. The number of carbonyl (C=O) groups excluding carboxylic acids is 1. The molecule has 1 unspecified atom stereocenters. The van der Waals surface area contributed by atoms with Crippen molar-refractivity contribution < 1.29 is 24.1 Å². The van der Waals surface area contributed by atoms with E-state index >= 15 is 0 Å². The fourth-order valence-corrected chi connectivity index (χ4v) is 4.98. The number of hydrogen-bond acceptors (Lipinski definition) is 8. The molecular weight excluding hydrogens is 444 g/mol. The van der Waals surface area contributed by atoms with E-state index in [0.717, 1.165) is 0 Å². The van der Waals surface area contributed by atoms with E-state index in [2.05, 4.69) is 4.99 Å². The van der Waals surface area contributed by atoms with Crippen LogP contribution in [0.4, 0.5) is 0 Å². The van der Waals surface area contributed by atoms with Gasteiger partial charge in [-0.15, -0.1) is 0 Å². The molecule has 2 aromatic carbocycles. The summed E-state index contributed by atoms with van der Waals surface area (Å²) in [5, 5.41) is 10.1. The summed E-state index contributed by atoms with van der Waals surface area (Å²) in [5.74, 6) is 0.682. The van der Waals surface area contributed by atoms with Crippen LogP contribution in [0, 0.1) is 0 Å². The molecule has 0 spiro atoms. The molecule has 2 aliphatic rings. The summed E-state index contributed by atoms with van der Waals surface area (Å²) in [6, 6.07) is 11.3. The number of allylic oxidation sites excluding steroid dienone is 1. The molecule has 1 atom stereocenters. The van der Waals surface area contributed by atoms with Crippen molar-refractivity contribution >= 4 is 23.4 Å². The van der Waals surface area contributed by atoms with Crippen molar-refractivity contribution in [1.82, 2.24) is 4.57 Å². The van der Waals surface area contributed by atoms with Crippen LogP contribution >= 0.6 is 11.3 Å². The highest BCUT2D eigenvalue weighted by molar-refractivity contribution is 7.07. The lowest BCUT2D eigenvalue weighted by Crippen LogP contribution is -2.39. The van der Waals surface area contributed by atoms with E-state index in [-0.39, 0.29) is 30.3 Å². The second kappa shape index (κ2) is 8.25. The third kappa shape index (κ3) is 3.60. The maximum absolute atomic E-state index is 13.5. The highest BCUT2D eigenvalue weighted by atomic mass is 32.1. The largest absolute Gasteiger partial charge is 0.507 e. The van der Waals surface area contributed by atoms with Crippen molar-refractivity contribution in [2.24, 2.45) is 4.99 Å². The molecule has 0 bridgehead atoms. The Labute approximate surface area is 192 Å². The quantitative estimate of drug-likeness (QED) is 0.595. The van der Waals surface area contributed by atoms with E-state index in [4.69, 9.17) is 14.2 Å². The third-order valence-corrected chi connectivity index (χ3v) is 6.44. The van der Waals surface area contributed by atoms with E-state index in [1.807, 2.05) is 0 Å². The highest BCUT2D eigenvalue weighted by Crippen LogP contribution is 2.38. The van der Waals surface area contributed by atoms with Crippen LogP contribution in [0.5, 0.6) is 17.2 Å². The first-order valence-electron chi connectivity index (χ1n) is 10.3. The molecule has 3 aromatic rings. The molecular formula is C24H20N2O6S. The van der Waals surface area contributed by atoms with Crippen LogP contribution in [-0.2, 0) is 9.53 Å². The second-order valence-electron chi connectivity index (χ2n) is 7.47. The number of aromatic nitrogens is 1. The summed E-state index contributed by atoms with van der Waals surface area (Å²) >= 11 is 1.20. The number of esters is 1. The molecule has 9 heteroatoms. The third-order valence-electron chi connectivity index (χ3n) is 5.45. The minimum atomic E-state index is -0.749. The first kappa shape index (κ1) is 21.0. The van der Waals surface area contributed by atoms with Gasteiger partial charge < -0.3 is 19.3 Å². The second-order valence-corrected chi connectivity index (χ2v) is 8.48. The predicted octanol–water partition coefficient (Wildman–Crippen LogP) is 2.23. The number of rotatable bonds is 4. The van der Waals surface area contributed by atoms with Crippen LogP contribution in [-0.4, -0.2) is 29.0 Å². The smallest absolute Gasteiger partial charge is 0.338 e. The van der Waals surface area contributed by atoms with Crippen molar-refractivity contribution in [2.75, 3.05) is 13.4 Å². The van der Waals surface area contributed by atoms with Gasteiger partial charge in [-0.1, -0.05) is 35.6 Å². The zero-order valence-electron chi connectivity index (χ0n) is 17.9. The number of para-hydroxylation sites is 1. The molecule has 5 rings (SSSR count). The Balaban J connectivity index is 1.74. The Morgan fingerprint density at radius 1 is 1.27 bits per heavy atom. The molecule has 0 aliphatic carbocycles. The molecule has 0 fully saturated rings. The fraction of sp³-hybridized carbons (Fsp3) is 0.208. The Morgan fingerprint density at radius 2 is 2.06 bits per heavy atom. The lowest BCUT2D eigenvalue weighted by atomic mass is 9.95. The van der Waals surface area contributed by atoms with Gasteiger partial charge in [-0.3, -0.25) is 9.36 Å². The van der Waals surface area contributed by atoms with Gasteiger partial charge in [-0.25, -0.2) is 9.79 Å². The maximum atomic E-state index is 13.5. The zero-order chi connectivity index (χ0) is 23.1. The Hall–Kier alpha value is -3.85. The van der Waals surface area contributed by atoms with Gasteiger partial charge in [0, 0.05) is 5.56 Å². The molecule has 1 N–H and O–H groups in total. The first-order valence-corrected chi connectivity index (χ1v) is 11.2. The van der Waals surface area contributed by atoms with Crippen molar-refractivity contribution in [3.05, 3.63) is 84.5 Å². The first-order chi connectivity index (χ1) is 16.0. The molecule has 1 aromatic heterocycles. The zero-order valence-corrected chi connectivity index (χ0v) is 18.7. The van der Waals surface area contributed by atoms with Crippen molar-refractivity contribution in [1.29, 1.82) is 0 Å². The van der Waals surface area contributed by atoms with Crippen LogP contribution in [0.3, 0.4) is 0 Å². The summed E-state index contributed by atoms with van der Waals surface area (Å²) in [5.41, 5.74) is 1.64. The van der Waals surface area contributed by atoms with Crippen LogP contribution in [0.2, 0.25) is 0 Å². The standard InChI is InChI=1S/C24H20N2O6S/c1-3-30-23(29)20-13(2)25-24-26(21(20)15-8-9-17-18(10-15)32-12-31-17)22(28)19(33-24)11-14-6-4-5-7-16(14)27/h4-11,21,27H,3,12H2,1-2H3. The molecule has 168 valence electrons. The van der Waals surface area contributed by atoms with E-state index in [9.17, 15) is 14.7 Å². The lowest BCUT2D eigenvalue weighted by Gasteiger charge is -2.24. The normalized spacial score (nSPS) is 17.0. The summed E-state index contributed by atoms with van der Waals surface area (Å²) in [7, 11) is 0. The SMILES string of the molecule is CCOC(=O)C1=C(C)N=c2sc(=Cc3ccccc3O)c(=O)n2C1c1ccc2c(c1)OCO2. The Bertz CT molecular complexity index is 1480. The summed E-state index contributed by atoms with van der Waals surface area (Å²) < 4.78 is 18.1. The molecule has 0 saturated carbocycles. The van der Waals surface area contributed by atoms with Gasteiger partial charge in [0.15, 0.2) is 16.3 Å². The van der Waals surface area contributed by atoms with E-state index in [1.54, 1.807) is 62.4 Å². The van der Waals surface area contributed by atoms with E-state index < -0.39 is 12.0 Å². The number of thiazole rings is 1. The van der Waals surface area contributed by atoms with Crippen molar-refractivity contribution in [3.63, 3.8) is 0 Å². The van der Waals surface area contributed by atoms with Crippen LogP contribution in [0.15, 0.2) is 63.5 Å². The molecule has 0 radical (unpaired) electrons. The van der Waals surface area contributed by atoms with Crippen molar-refractivity contribution in [2.45, 2.75) is 19.9 Å². The molecule has 3 heterocycles. The minimum Gasteiger partial charge on any atom is -0.507 e. The number of ether oxygens (including phenoxy) is 3. The van der Waals surface area contributed by atoms with Crippen LogP contribution < -0.4 is 24.4 Å². The maximum Gasteiger partial charge on any atom is 0.338 e. The van der Waals surface area contributed by atoms with Crippen molar-refractivity contribution in [3.8, 4) is 17.2 Å². The van der Waals surface area contributed by atoms with Crippen LogP contribution in [0.1, 0.15) is 31.0 Å². The number of carbonyl (C=O) groups is 1. The summed E-state index contributed by atoms with van der Waals surface area (Å²) in [6.07, 6.45) is 1.62. The van der Waals surface area contributed by atoms with Gasteiger partial charge in [0.1, 0.15) is 5.75 Å². The summed E-state index contributed by atoms with van der Waals surface area (Å²) in [6.45, 7) is 3.76. The molecule has 0 amide bonds. The van der Waals surface area contributed by atoms with Gasteiger partial charge in [0.25, 0.3) is 5.56 Å². The van der Waals surface area contributed by atoms with E-state index in [0.29, 0.717) is 37.7 Å². The number of hydrogen-bond donors (Lipinski definition) is 1. The molecule has 33 heavy (non-hydrogen) atoms. The minimum absolute atomic E-state index is 0.0686. The number of phenols is 1. The molecule has 8 nitrogen and oxygen atoms in total. The number of benzene rings is 2. The number of phenolic OH excluding ortho intramolecular Hbond substituents is 1. The lowest BCUT2D eigenvalue weighted by molar-refractivity contribution is -0.139. The van der Waals surface area contributed by atoms with Gasteiger partial charge in [0.05, 0.1) is 28.5 Å². The number of aromatic hydroxyl groups is 1. The molecule has 2 aliphatic heterocycles. The van der Waals surface area contributed by atoms with Crippen LogP contribution in [0.25, 0.3) is 6.08 Å². The number of nitrogens with zero attached hydrogens (tertiary/aromatic N) is 2. The Morgan fingerprint density at radius 3 is 2.85 bits per heavy atom. The number of fused-ring (bicyclic) bond motifs is 2. The fourth-order valence-electron chi connectivity index (χ4n) is 3.94. The summed E-state index contributed by atoms with van der Waals surface area (Å²) in [4.78, 5) is 31.5. The highest BCUT2D eigenvalue weighted by Gasteiger charge is 2.34. The van der Waals surface area contributed by atoms with Gasteiger partial charge in [-0.2, -0.15) is 0 Å². The van der Waals surface area contributed by atoms with Gasteiger partial charge in [0.2, 0.25) is 6.79 Å². The molecule has 0 saturated heterocycles. The van der Waals surface area contributed by atoms with Gasteiger partial charge in [-0.05, 0) is 43.7 Å².